The van der Waals surface area contributed by atoms with Crippen LogP contribution in [0.3, 0.4) is 0 Å². The minimum absolute atomic E-state index is 0.00369. The van der Waals surface area contributed by atoms with Crippen molar-refractivity contribution in [2.45, 2.75) is 32.2 Å². The van der Waals surface area contributed by atoms with Gasteiger partial charge in [0.05, 0.1) is 6.04 Å². The maximum absolute atomic E-state index is 12.6. The third-order valence-corrected chi connectivity index (χ3v) is 4.86. The molecule has 1 amide bonds. The number of hydrogen-bond acceptors (Lipinski definition) is 4. The molecule has 0 bridgehead atoms. The summed E-state index contributed by atoms with van der Waals surface area (Å²) in [6.07, 6.45) is 5.42. The Balaban J connectivity index is 1.53. The molecular weight excluding hydrogens is 276 g/mol. The summed E-state index contributed by atoms with van der Waals surface area (Å²) in [4.78, 5) is 23.7. The highest BCUT2D eigenvalue weighted by Gasteiger charge is 2.29. The topological polar surface area (TPSA) is 39.7 Å². The van der Waals surface area contributed by atoms with E-state index in [1.165, 1.54) is 6.42 Å². The summed E-state index contributed by atoms with van der Waals surface area (Å²) < 4.78 is 0. The Hall–Kier alpha value is -1.62. The van der Waals surface area contributed by atoms with Crippen LogP contribution >= 0.6 is 0 Å². The van der Waals surface area contributed by atoms with E-state index >= 15 is 0 Å². The van der Waals surface area contributed by atoms with Gasteiger partial charge in [-0.25, -0.2) is 4.98 Å². The Labute approximate surface area is 132 Å². The first-order valence-electron chi connectivity index (χ1n) is 8.44. The second-order valence-corrected chi connectivity index (χ2v) is 6.27. The van der Waals surface area contributed by atoms with Crippen molar-refractivity contribution in [3.8, 4) is 0 Å². The second kappa shape index (κ2) is 7.09. The minimum atomic E-state index is 0.00369. The lowest BCUT2D eigenvalue weighted by molar-refractivity contribution is -0.137. The first kappa shape index (κ1) is 15.3. The van der Waals surface area contributed by atoms with E-state index in [1.54, 1.807) is 0 Å². The monoisotopic (exact) mass is 302 g/mol. The van der Waals surface area contributed by atoms with Gasteiger partial charge in [0.2, 0.25) is 5.91 Å². The molecule has 2 aliphatic rings. The lowest BCUT2D eigenvalue weighted by atomic mass is 10.1. The SMILES string of the molecule is CC(C(=O)N1CCCCC1)N1CCN(c2ccccn2)CC1. The fraction of sp³-hybridized carbons (Fsp3) is 0.647. The predicted molar refractivity (Wildman–Crippen MR) is 87.9 cm³/mol. The zero-order chi connectivity index (χ0) is 15.4. The van der Waals surface area contributed by atoms with Crippen LogP contribution in [-0.4, -0.2) is 66.0 Å². The number of piperidine rings is 1. The number of nitrogens with zero attached hydrogens (tertiary/aromatic N) is 4. The van der Waals surface area contributed by atoms with E-state index in [9.17, 15) is 4.79 Å². The van der Waals surface area contributed by atoms with Gasteiger partial charge in [-0.1, -0.05) is 6.07 Å². The van der Waals surface area contributed by atoms with Crippen molar-refractivity contribution in [1.29, 1.82) is 0 Å². The van der Waals surface area contributed by atoms with Gasteiger partial charge < -0.3 is 9.80 Å². The molecule has 5 nitrogen and oxygen atoms in total. The number of rotatable bonds is 3. The number of hydrogen-bond donors (Lipinski definition) is 0. The summed E-state index contributed by atoms with van der Waals surface area (Å²) in [6, 6.07) is 6.03. The molecule has 0 spiro atoms. The largest absolute Gasteiger partial charge is 0.354 e. The third kappa shape index (κ3) is 3.40. The Bertz CT molecular complexity index is 479. The highest BCUT2D eigenvalue weighted by atomic mass is 16.2. The van der Waals surface area contributed by atoms with E-state index in [0.29, 0.717) is 5.91 Å². The van der Waals surface area contributed by atoms with Crippen LogP contribution in [0.4, 0.5) is 5.82 Å². The molecule has 0 saturated carbocycles. The Morgan fingerprint density at radius 2 is 1.77 bits per heavy atom. The Kier molecular flexibility index (Phi) is 4.93. The lowest BCUT2D eigenvalue weighted by Gasteiger charge is -2.40. The number of carbonyl (C=O) groups excluding carboxylic acids is 1. The summed E-state index contributed by atoms with van der Waals surface area (Å²) in [5.41, 5.74) is 0. The average Bonchev–Trinajstić information content (AvgIpc) is 2.62. The standard InChI is InChI=1S/C17H26N4O/c1-15(17(22)21-9-5-2-6-10-21)19-11-13-20(14-12-19)16-7-3-4-8-18-16/h3-4,7-8,15H,2,5-6,9-14H2,1H3. The van der Waals surface area contributed by atoms with E-state index in [1.807, 2.05) is 18.3 Å². The average molecular weight is 302 g/mol. The Morgan fingerprint density at radius 1 is 1.05 bits per heavy atom. The van der Waals surface area contributed by atoms with Crippen LogP contribution < -0.4 is 4.90 Å². The number of aromatic nitrogens is 1. The normalized spacial score (nSPS) is 21.7. The van der Waals surface area contributed by atoms with Crippen LogP contribution in [0.25, 0.3) is 0 Å². The molecule has 22 heavy (non-hydrogen) atoms. The van der Waals surface area contributed by atoms with E-state index in [0.717, 1.165) is 57.9 Å². The van der Waals surface area contributed by atoms with Gasteiger partial charge in [-0.2, -0.15) is 0 Å². The van der Waals surface area contributed by atoms with Gasteiger partial charge in [0.1, 0.15) is 5.82 Å². The first-order valence-corrected chi connectivity index (χ1v) is 8.44. The smallest absolute Gasteiger partial charge is 0.239 e. The van der Waals surface area contributed by atoms with Gasteiger partial charge in [-0.05, 0) is 38.3 Å². The maximum atomic E-state index is 12.6. The van der Waals surface area contributed by atoms with Crippen molar-refractivity contribution in [1.82, 2.24) is 14.8 Å². The summed E-state index contributed by atoms with van der Waals surface area (Å²) in [5, 5.41) is 0. The Morgan fingerprint density at radius 3 is 2.41 bits per heavy atom. The second-order valence-electron chi connectivity index (χ2n) is 6.27. The molecular formula is C17H26N4O. The molecule has 2 saturated heterocycles. The highest BCUT2D eigenvalue weighted by Crippen LogP contribution is 2.16. The fourth-order valence-corrected chi connectivity index (χ4v) is 3.41. The van der Waals surface area contributed by atoms with Crippen molar-refractivity contribution in [2.24, 2.45) is 0 Å². The zero-order valence-corrected chi connectivity index (χ0v) is 13.4. The molecule has 0 N–H and O–H groups in total. The van der Waals surface area contributed by atoms with Gasteiger partial charge in [-0.15, -0.1) is 0 Å². The zero-order valence-electron chi connectivity index (χ0n) is 13.4. The quantitative estimate of drug-likeness (QED) is 0.850. The molecule has 3 rings (SSSR count). The molecule has 0 radical (unpaired) electrons. The third-order valence-electron chi connectivity index (χ3n) is 4.86. The van der Waals surface area contributed by atoms with Gasteiger partial charge in [-0.3, -0.25) is 9.69 Å². The van der Waals surface area contributed by atoms with Crippen LogP contribution in [0, 0.1) is 0 Å². The highest BCUT2D eigenvalue weighted by molar-refractivity contribution is 5.81. The van der Waals surface area contributed by atoms with Crippen molar-refractivity contribution in [2.75, 3.05) is 44.2 Å². The van der Waals surface area contributed by atoms with E-state index < -0.39 is 0 Å². The van der Waals surface area contributed by atoms with Gasteiger partial charge in [0.25, 0.3) is 0 Å². The molecule has 1 unspecified atom stereocenters. The summed E-state index contributed by atoms with van der Waals surface area (Å²) in [6.45, 7) is 7.68. The summed E-state index contributed by atoms with van der Waals surface area (Å²) in [5.74, 6) is 1.35. The van der Waals surface area contributed by atoms with Crippen molar-refractivity contribution in [3.63, 3.8) is 0 Å². The molecule has 2 fully saturated rings. The van der Waals surface area contributed by atoms with Crippen LogP contribution in [-0.2, 0) is 4.79 Å². The van der Waals surface area contributed by atoms with Gasteiger partial charge in [0, 0.05) is 45.5 Å². The van der Waals surface area contributed by atoms with Crippen LogP contribution in [0.15, 0.2) is 24.4 Å². The predicted octanol–water partition coefficient (Wildman–Crippen LogP) is 1.60. The summed E-state index contributed by atoms with van der Waals surface area (Å²) in [7, 11) is 0. The van der Waals surface area contributed by atoms with E-state index in [2.05, 4.69) is 32.7 Å². The number of likely N-dealkylation sites (tertiary alicyclic amines) is 1. The van der Waals surface area contributed by atoms with Crippen LogP contribution in [0.5, 0.6) is 0 Å². The van der Waals surface area contributed by atoms with E-state index in [4.69, 9.17) is 0 Å². The number of anilines is 1. The van der Waals surface area contributed by atoms with E-state index in [-0.39, 0.29) is 6.04 Å². The number of amides is 1. The van der Waals surface area contributed by atoms with Gasteiger partial charge >= 0.3 is 0 Å². The molecule has 0 aliphatic carbocycles. The molecule has 0 aromatic carbocycles. The molecule has 5 heteroatoms. The molecule has 3 heterocycles. The van der Waals surface area contributed by atoms with Crippen molar-refractivity contribution >= 4 is 11.7 Å². The minimum Gasteiger partial charge on any atom is -0.354 e. The van der Waals surface area contributed by atoms with Crippen molar-refractivity contribution < 1.29 is 4.79 Å². The molecule has 120 valence electrons. The maximum Gasteiger partial charge on any atom is 0.239 e. The molecule has 1 aromatic rings. The fourth-order valence-electron chi connectivity index (χ4n) is 3.41. The molecule has 1 atom stereocenters. The number of piperazine rings is 1. The van der Waals surface area contributed by atoms with Crippen LogP contribution in [0.2, 0.25) is 0 Å². The van der Waals surface area contributed by atoms with Gasteiger partial charge in [0.15, 0.2) is 0 Å². The first-order chi connectivity index (χ1) is 10.8. The summed E-state index contributed by atoms with van der Waals surface area (Å²) >= 11 is 0. The van der Waals surface area contributed by atoms with Crippen LogP contribution in [0.1, 0.15) is 26.2 Å². The number of pyridine rings is 1. The molecule has 1 aromatic heterocycles. The molecule has 2 aliphatic heterocycles. The lowest BCUT2D eigenvalue weighted by Crippen LogP contribution is -2.55. The number of carbonyl (C=O) groups is 1. The van der Waals surface area contributed by atoms with Crippen molar-refractivity contribution in [3.05, 3.63) is 24.4 Å².